The summed E-state index contributed by atoms with van der Waals surface area (Å²) in [7, 11) is 0. The summed E-state index contributed by atoms with van der Waals surface area (Å²) in [5.41, 5.74) is 0. The zero-order valence-electron chi connectivity index (χ0n) is 5.93. The second-order valence-electron chi connectivity index (χ2n) is 2.62. The molecule has 0 saturated heterocycles. The van der Waals surface area contributed by atoms with Gasteiger partial charge in [0.25, 0.3) is 0 Å². The normalized spacial score (nSPS) is 16.9. The molecule has 0 aromatic rings. The Bertz CT molecular complexity index is 121. The average molecular weight is 142 g/mol. The molecule has 0 aromatic heterocycles. The monoisotopic (exact) mass is 142 g/mol. The van der Waals surface area contributed by atoms with E-state index in [1.807, 2.05) is 0 Å². The third-order valence-electron chi connectivity index (χ3n) is 1.57. The molecule has 1 aliphatic carbocycles. The van der Waals surface area contributed by atoms with Crippen LogP contribution in [-0.2, 0) is 9.90 Å². The second-order valence-corrected chi connectivity index (χ2v) is 2.62. The number of amides is 1. The summed E-state index contributed by atoms with van der Waals surface area (Å²) in [6, 6.07) is 0. The number of rotatable bonds is 4. The van der Waals surface area contributed by atoms with Crippen molar-refractivity contribution in [3.63, 3.8) is 0 Å². The summed E-state index contributed by atoms with van der Waals surface area (Å²) >= 11 is 0. The Kier molecular flexibility index (Phi) is 2.68. The molecule has 1 rings (SSSR count). The third-order valence-corrected chi connectivity index (χ3v) is 1.57. The summed E-state index contributed by atoms with van der Waals surface area (Å²) in [4.78, 5) is 10.9. The van der Waals surface area contributed by atoms with E-state index in [2.05, 4.69) is 5.32 Å². The average Bonchev–Trinajstić information content (AvgIpc) is 2.69. The van der Waals surface area contributed by atoms with Gasteiger partial charge in [0.15, 0.2) is 0 Å². The highest BCUT2D eigenvalue weighted by Gasteiger charge is 2.28. The lowest BCUT2D eigenvalue weighted by Gasteiger charge is -1.99. The van der Waals surface area contributed by atoms with Crippen LogP contribution >= 0.6 is 0 Å². The van der Waals surface area contributed by atoms with Crippen LogP contribution in [0.1, 0.15) is 19.3 Å². The second kappa shape index (κ2) is 3.56. The summed E-state index contributed by atoms with van der Waals surface area (Å²) in [5, 5.41) is 12.7. The highest BCUT2D eigenvalue weighted by molar-refractivity contribution is 5.80. The molecule has 1 N–H and O–H groups in total. The van der Waals surface area contributed by atoms with Crippen molar-refractivity contribution in [3.8, 4) is 0 Å². The van der Waals surface area contributed by atoms with Crippen LogP contribution in [0.2, 0.25) is 0 Å². The first-order valence-corrected chi connectivity index (χ1v) is 3.70. The SMILES string of the molecule is [O]CCCNC(=O)C1CC1. The van der Waals surface area contributed by atoms with Crippen LogP contribution in [0.5, 0.6) is 0 Å². The van der Waals surface area contributed by atoms with Gasteiger partial charge < -0.3 is 5.32 Å². The first-order chi connectivity index (χ1) is 4.84. The molecule has 0 atom stereocenters. The molecule has 1 aliphatic rings. The first-order valence-electron chi connectivity index (χ1n) is 3.70. The summed E-state index contributed by atoms with van der Waals surface area (Å²) in [6.45, 7) is 0.462. The molecule has 3 nitrogen and oxygen atoms in total. The Balaban J connectivity index is 1.95. The Morgan fingerprint density at radius 3 is 2.70 bits per heavy atom. The Morgan fingerprint density at radius 1 is 1.50 bits per heavy atom. The van der Waals surface area contributed by atoms with E-state index >= 15 is 0 Å². The minimum absolute atomic E-state index is 0.0923. The first kappa shape index (κ1) is 7.54. The fourth-order valence-corrected chi connectivity index (χ4v) is 0.774. The van der Waals surface area contributed by atoms with E-state index in [1.54, 1.807) is 0 Å². The Morgan fingerprint density at radius 2 is 2.20 bits per heavy atom. The van der Waals surface area contributed by atoms with Crippen molar-refractivity contribution in [1.82, 2.24) is 5.32 Å². The highest BCUT2D eigenvalue weighted by atomic mass is 16.3. The van der Waals surface area contributed by atoms with Crippen molar-refractivity contribution in [1.29, 1.82) is 0 Å². The number of carbonyl (C=O) groups is 1. The van der Waals surface area contributed by atoms with Crippen LogP contribution in [0.15, 0.2) is 0 Å². The van der Waals surface area contributed by atoms with Crippen LogP contribution < -0.4 is 5.32 Å². The van der Waals surface area contributed by atoms with Crippen molar-refractivity contribution < 1.29 is 9.90 Å². The number of carbonyl (C=O) groups excluding carboxylic acids is 1. The van der Waals surface area contributed by atoms with Gasteiger partial charge in [-0.2, -0.15) is 0 Å². The molecule has 0 aliphatic heterocycles. The van der Waals surface area contributed by atoms with Crippen LogP contribution in [0.4, 0.5) is 0 Å². The quantitative estimate of drug-likeness (QED) is 0.565. The van der Waals surface area contributed by atoms with Crippen molar-refractivity contribution in [3.05, 3.63) is 0 Å². The number of hydrogen-bond acceptors (Lipinski definition) is 1. The van der Waals surface area contributed by atoms with E-state index < -0.39 is 0 Å². The lowest BCUT2D eigenvalue weighted by molar-refractivity contribution is -0.122. The molecule has 0 spiro atoms. The standard InChI is InChI=1S/C7H12NO2/c9-5-1-4-8-7(10)6-2-3-6/h6H,1-5H2,(H,8,10). The van der Waals surface area contributed by atoms with Crippen LogP contribution in [0.3, 0.4) is 0 Å². The van der Waals surface area contributed by atoms with E-state index in [4.69, 9.17) is 0 Å². The summed E-state index contributed by atoms with van der Waals surface area (Å²) < 4.78 is 0. The van der Waals surface area contributed by atoms with Gasteiger partial charge in [0.2, 0.25) is 5.91 Å². The molecule has 0 unspecified atom stereocenters. The van der Waals surface area contributed by atoms with Gasteiger partial charge in [-0.05, 0) is 19.3 Å². The minimum atomic E-state index is -0.0923. The van der Waals surface area contributed by atoms with Gasteiger partial charge in [-0.3, -0.25) is 4.79 Å². The predicted molar refractivity (Wildman–Crippen MR) is 35.9 cm³/mol. The van der Waals surface area contributed by atoms with Gasteiger partial charge in [-0.15, -0.1) is 0 Å². The molecule has 1 radical (unpaired) electrons. The maximum atomic E-state index is 10.9. The molecule has 0 aromatic carbocycles. The molecule has 1 fully saturated rings. The fourth-order valence-electron chi connectivity index (χ4n) is 0.774. The smallest absolute Gasteiger partial charge is 0.223 e. The van der Waals surface area contributed by atoms with E-state index in [-0.39, 0.29) is 18.4 Å². The lowest BCUT2D eigenvalue weighted by atomic mass is 10.4. The van der Waals surface area contributed by atoms with E-state index in [1.165, 1.54) is 0 Å². The molecule has 0 bridgehead atoms. The summed E-state index contributed by atoms with van der Waals surface area (Å²) in [5.74, 6) is 0.403. The largest absolute Gasteiger partial charge is 0.356 e. The molecule has 0 heterocycles. The molecule has 57 valence electrons. The molecule has 1 amide bonds. The maximum absolute atomic E-state index is 10.9. The zero-order chi connectivity index (χ0) is 7.40. The minimum Gasteiger partial charge on any atom is -0.356 e. The Hall–Kier alpha value is -0.570. The van der Waals surface area contributed by atoms with E-state index in [9.17, 15) is 9.90 Å². The molecule has 10 heavy (non-hydrogen) atoms. The topological polar surface area (TPSA) is 49.0 Å². The van der Waals surface area contributed by atoms with Crippen LogP contribution in [-0.4, -0.2) is 19.1 Å². The van der Waals surface area contributed by atoms with Gasteiger partial charge in [0.05, 0.1) is 6.61 Å². The molecule has 1 saturated carbocycles. The van der Waals surface area contributed by atoms with Crippen molar-refractivity contribution >= 4 is 5.91 Å². The van der Waals surface area contributed by atoms with Gasteiger partial charge in [-0.25, -0.2) is 5.11 Å². The van der Waals surface area contributed by atoms with Gasteiger partial charge in [0, 0.05) is 12.5 Å². The van der Waals surface area contributed by atoms with E-state index in [0.29, 0.717) is 13.0 Å². The van der Waals surface area contributed by atoms with Crippen LogP contribution in [0.25, 0.3) is 0 Å². The van der Waals surface area contributed by atoms with Crippen molar-refractivity contribution in [2.75, 3.05) is 13.2 Å². The van der Waals surface area contributed by atoms with Gasteiger partial charge in [0.1, 0.15) is 0 Å². The van der Waals surface area contributed by atoms with Crippen LogP contribution in [0, 0.1) is 5.92 Å². The third kappa shape index (κ3) is 2.35. The van der Waals surface area contributed by atoms with Gasteiger partial charge >= 0.3 is 0 Å². The molecular formula is C7H12NO2. The van der Waals surface area contributed by atoms with E-state index in [0.717, 1.165) is 12.8 Å². The molecule has 3 heteroatoms. The lowest BCUT2D eigenvalue weighted by Crippen LogP contribution is -2.26. The van der Waals surface area contributed by atoms with Gasteiger partial charge in [-0.1, -0.05) is 0 Å². The predicted octanol–water partition coefficient (Wildman–Crippen LogP) is 0.333. The fraction of sp³-hybridized carbons (Fsp3) is 0.857. The maximum Gasteiger partial charge on any atom is 0.223 e. The van der Waals surface area contributed by atoms with Crippen molar-refractivity contribution in [2.45, 2.75) is 19.3 Å². The molecular weight excluding hydrogens is 130 g/mol. The zero-order valence-corrected chi connectivity index (χ0v) is 5.93. The Labute approximate surface area is 60.4 Å². The summed E-state index contributed by atoms with van der Waals surface area (Å²) in [6.07, 6.45) is 2.62. The number of nitrogens with one attached hydrogen (secondary N) is 1. The van der Waals surface area contributed by atoms with Crippen molar-refractivity contribution in [2.24, 2.45) is 5.92 Å². The number of hydrogen-bond donors (Lipinski definition) is 1. The highest BCUT2D eigenvalue weighted by Crippen LogP contribution is 2.28.